The van der Waals surface area contributed by atoms with E-state index in [1.165, 1.54) is 16.7 Å². The lowest BCUT2D eigenvalue weighted by Gasteiger charge is -2.37. The quantitative estimate of drug-likeness (QED) is 0.733. The number of aliphatic carboxylic acids is 1. The lowest BCUT2D eigenvalue weighted by atomic mass is 9.90. The lowest BCUT2D eigenvalue weighted by Crippen LogP contribution is -2.39. The van der Waals surface area contributed by atoms with Crippen molar-refractivity contribution in [2.75, 3.05) is 34.4 Å². The highest BCUT2D eigenvalue weighted by Crippen LogP contribution is 2.43. The van der Waals surface area contributed by atoms with Crippen molar-refractivity contribution in [3.05, 3.63) is 52.6 Å². The van der Waals surface area contributed by atoms with Crippen LogP contribution in [0.2, 0.25) is 0 Å². The van der Waals surface area contributed by atoms with Crippen molar-refractivity contribution >= 4 is 5.97 Å². The first kappa shape index (κ1) is 22.0. The van der Waals surface area contributed by atoms with Gasteiger partial charge < -0.3 is 19.3 Å². The van der Waals surface area contributed by atoms with Crippen molar-refractivity contribution in [3.63, 3.8) is 0 Å². The predicted octanol–water partition coefficient (Wildman–Crippen LogP) is 4.22. The van der Waals surface area contributed by atoms with E-state index in [0.29, 0.717) is 43.2 Å². The molecule has 1 aliphatic rings. The number of piperidine rings is 1. The van der Waals surface area contributed by atoms with Crippen LogP contribution in [0.4, 0.5) is 0 Å². The Kier molecular flexibility index (Phi) is 6.87. The van der Waals surface area contributed by atoms with E-state index in [2.05, 4.69) is 36.9 Å². The highest BCUT2D eigenvalue weighted by molar-refractivity contribution is 5.70. The molecule has 1 saturated heterocycles. The Morgan fingerprint density at radius 2 is 1.40 bits per heavy atom. The van der Waals surface area contributed by atoms with Crippen LogP contribution in [0.25, 0.3) is 0 Å². The van der Waals surface area contributed by atoms with Gasteiger partial charge >= 0.3 is 5.97 Å². The van der Waals surface area contributed by atoms with E-state index in [1.54, 1.807) is 21.3 Å². The van der Waals surface area contributed by atoms with Crippen molar-refractivity contribution in [1.82, 2.24) is 4.90 Å². The molecular formula is C24H31NO5. The van der Waals surface area contributed by atoms with Gasteiger partial charge in [-0.2, -0.15) is 0 Å². The number of likely N-dealkylation sites (tertiary alicyclic amines) is 1. The third-order valence-corrected chi connectivity index (χ3v) is 5.81. The van der Waals surface area contributed by atoms with Crippen molar-refractivity contribution < 1.29 is 24.1 Å². The summed E-state index contributed by atoms with van der Waals surface area (Å²) in [5.74, 6) is 0.808. The number of carbonyl (C=O) groups is 1. The van der Waals surface area contributed by atoms with Crippen LogP contribution in [0.5, 0.6) is 17.2 Å². The van der Waals surface area contributed by atoms with Crippen LogP contribution in [0.3, 0.4) is 0 Å². The number of hydrogen-bond acceptors (Lipinski definition) is 5. The highest BCUT2D eigenvalue weighted by atomic mass is 16.5. The average molecular weight is 414 g/mol. The molecule has 3 rings (SSSR count). The number of hydrogen-bond donors (Lipinski definition) is 1. The molecule has 0 bridgehead atoms. The summed E-state index contributed by atoms with van der Waals surface area (Å²) >= 11 is 0. The van der Waals surface area contributed by atoms with E-state index in [0.717, 1.165) is 5.56 Å². The lowest BCUT2D eigenvalue weighted by molar-refractivity contribution is -0.143. The monoisotopic (exact) mass is 413 g/mol. The Labute approximate surface area is 178 Å². The van der Waals surface area contributed by atoms with Crippen molar-refractivity contribution in [3.8, 4) is 17.2 Å². The summed E-state index contributed by atoms with van der Waals surface area (Å²) in [6.45, 7) is 5.62. The molecule has 0 aliphatic carbocycles. The van der Waals surface area contributed by atoms with Crippen LogP contribution in [-0.4, -0.2) is 50.4 Å². The van der Waals surface area contributed by atoms with Gasteiger partial charge in [-0.05, 0) is 63.0 Å². The molecule has 0 aromatic heterocycles. The van der Waals surface area contributed by atoms with Gasteiger partial charge in [-0.25, -0.2) is 0 Å². The number of ether oxygens (including phenoxy) is 3. The van der Waals surface area contributed by atoms with Crippen molar-refractivity contribution in [2.24, 2.45) is 5.92 Å². The van der Waals surface area contributed by atoms with Crippen molar-refractivity contribution in [2.45, 2.75) is 32.7 Å². The second-order valence-electron chi connectivity index (χ2n) is 7.93. The molecule has 6 heteroatoms. The smallest absolute Gasteiger partial charge is 0.306 e. The second-order valence-corrected chi connectivity index (χ2v) is 7.93. The molecule has 1 unspecified atom stereocenters. The molecule has 162 valence electrons. The van der Waals surface area contributed by atoms with E-state index >= 15 is 0 Å². The molecule has 1 fully saturated rings. The number of carboxylic acids is 1. The molecule has 6 nitrogen and oxygen atoms in total. The topological polar surface area (TPSA) is 68.2 Å². The Hall–Kier alpha value is -2.73. The first-order valence-electron chi connectivity index (χ1n) is 10.2. The number of aryl methyl sites for hydroxylation is 2. The van der Waals surface area contributed by atoms with E-state index in [9.17, 15) is 9.90 Å². The van der Waals surface area contributed by atoms with Gasteiger partial charge in [-0.3, -0.25) is 9.69 Å². The zero-order valence-electron chi connectivity index (χ0n) is 18.4. The third-order valence-electron chi connectivity index (χ3n) is 5.81. The molecule has 2 aromatic rings. The van der Waals surface area contributed by atoms with E-state index in [4.69, 9.17) is 14.2 Å². The largest absolute Gasteiger partial charge is 0.493 e. The molecule has 1 atom stereocenters. The fourth-order valence-electron chi connectivity index (χ4n) is 4.45. The Morgan fingerprint density at radius 3 is 1.83 bits per heavy atom. The summed E-state index contributed by atoms with van der Waals surface area (Å²) in [6.07, 6.45) is 1.28. The molecule has 2 aromatic carbocycles. The van der Waals surface area contributed by atoms with Crippen LogP contribution in [0.15, 0.2) is 30.3 Å². The second kappa shape index (κ2) is 9.39. The van der Waals surface area contributed by atoms with Crippen LogP contribution in [0.1, 0.15) is 41.1 Å². The summed E-state index contributed by atoms with van der Waals surface area (Å²) in [7, 11) is 4.83. The van der Waals surface area contributed by atoms with Gasteiger partial charge in [-0.15, -0.1) is 0 Å². The molecule has 1 N–H and O–H groups in total. The van der Waals surface area contributed by atoms with Gasteiger partial charge in [0.1, 0.15) is 0 Å². The van der Waals surface area contributed by atoms with Crippen LogP contribution in [0, 0.1) is 19.8 Å². The molecule has 0 radical (unpaired) electrons. The Balaban J connectivity index is 2.09. The number of nitrogens with zero attached hydrogens (tertiary/aromatic N) is 1. The SMILES string of the molecule is COc1cc(C(c2cc(C)cc(C)c2)N2CCC(C(=O)O)CC2)cc(OC)c1OC. The summed E-state index contributed by atoms with van der Waals surface area (Å²) in [5, 5.41) is 9.40. The Bertz CT molecular complexity index is 857. The van der Waals surface area contributed by atoms with Gasteiger partial charge in [0.15, 0.2) is 11.5 Å². The highest BCUT2D eigenvalue weighted by Gasteiger charge is 2.31. The minimum atomic E-state index is -0.703. The molecule has 30 heavy (non-hydrogen) atoms. The first-order valence-corrected chi connectivity index (χ1v) is 10.2. The first-order chi connectivity index (χ1) is 14.4. The zero-order chi connectivity index (χ0) is 21.8. The molecule has 0 amide bonds. The van der Waals surface area contributed by atoms with Crippen molar-refractivity contribution in [1.29, 1.82) is 0 Å². The summed E-state index contributed by atoms with van der Waals surface area (Å²) in [5.41, 5.74) is 4.60. The molecule has 1 aliphatic heterocycles. The van der Waals surface area contributed by atoms with E-state index in [1.807, 2.05) is 12.1 Å². The van der Waals surface area contributed by atoms with Gasteiger partial charge in [0.25, 0.3) is 0 Å². The molecule has 1 heterocycles. The molecule has 0 spiro atoms. The minimum absolute atomic E-state index is 0.0351. The van der Waals surface area contributed by atoms with Gasteiger partial charge in [-0.1, -0.05) is 29.3 Å². The van der Waals surface area contributed by atoms with Gasteiger partial charge in [0.2, 0.25) is 5.75 Å². The zero-order valence-corrected chi connectivity index (χ0v) is 18.4. The van der Waals surface area contributed by atoms with Gasteiger partial charge in [0.05, 0.1) is 33.3 Å². The standard InChI is InChI=1S/C24H31NO5/c1-15-10-16(2)12-18(11-15)22(25-8-6-17(7-9-25)24(26)27)19-13-20(28-3)23(30-5)21(14-19)29-4/h10-14,17,22H,6-9H2,1-5H3,(H,26,27). The average Bonchev–Trinajstić information content (AvgIpc) is 2.72. The molecule has 0 saturated carbocycles. The van der Waals surface area contributed by atoms with Crippen LogP contribution < -0.4 is 14.2 Å². The fourth-order valence-corrected chi connectivity index (χ4v) is 4.45. The van der Waals surface area contributed by atoms with Crippen LogP contribution in [-0.2, 0) is 4.79 Å². The maximum atomic E-state index is 11.4. The minimum Gasteiger partial charge on any atom is -0.493 e. The molecular weight excluding hydrogens is 382 g/mol. The Morgan fingerprint density at radius 1 is 0.900 bits per heavy atom. The third kappa shape index (κ3) is 4.54. The number of rotatable bonds is 7. The van der Waals surface area contributed by atoms with E-state index < -0.39 is 5.97 Å². The maximum absolute atomic E-state index is 11.4. The van der Waals surface area contributed by atoms with E-state index in [-0.39, 0.29) is 12.0 Å². The normalized spacial score (nSPS) is 16.2. The number of benzene rings is 2. The maximum Gasteiger partial charge on any atom is 0.306 e. The summed E-state index contributed by atoms with van der Waals surface area (Å²) in [6, 6.07) is 10.5. The van der Waals surface area contributed by atoms with Gasteiger partial charge in [0, 0.05) is 0 Å². The van der Waals surface area contributed by atoms with Crippen LogP contribution >= 0.6 is 0 Å². The number of carboxylic acid groups (broad SMARTS) is 1. The summed E-state index contributed by atoms with van der Waals surface area (Å²) < 4.78 is 16.7. The number of methoxy groups -OCH3 is 3. The fraction of sp³-hybridized carbons (Fsp3) is 0.458. The summed E-state index contributed by atoms with van der Waals surface area (Å²) in [4.78, 5) is 13.8. The predicted molar refractivity (Wildman–Crippen MR) is 116 cm³/mol.